The Kier molecular flexibility index (Phi) is 4.42. The van der Waals surface area contributed by atoms with Crippen LogP contribution in [0.2, 0.25) is 0 Å². The number of benzene rings is 1. The fourth-order valence-corrected chi connectivity index (χ4v) is 2.15. The molecule has 1 N–H and O–H groups in total. The zero-order valence-electron chi connectivity index (χ0n) is 12.5. The Morgan fingerprint density at radius 1 is 1.21 bits per heavy atom. The first-order chi connectivity index (χ1) is 11.6. The molecule has 0 unspecified atom stereocenters. The van der Waals surface area contributed by atoms with Gasteiger partial charge >= 0.3 is 0 Å². The van der Waals surface area contributed by atoms with E-state index in [1.165, 1.54) is 30.7 Å². The van der Waals surface area contributed by atoms with Crippen LogP contribution in [0.5, 0.6) is 0 Å². The molecule has 0 radical (unpaired) electrons. The number of hydrogen-bond donors (Lipinski definition) is 1. The van der Waals surface area contributed by atoms with Crippen LogP contribution in [0.3, 0.4) is 0 Å². The molecule has 0 aliphatic heterocycles. The number of pyridine rings is 1. The third kappa shape index (κ3) is 3.52. The lowest BCUT2D eigenvalue weighted by Gasteiger charge is -2.08. The normalized spacial score (nSPS) is 10.4. The summed E-state index contributed by atoms with van der Waals surface area (Å²) in [6.45, 7) is -0.196. The molecule has 2 aromatic heterocycles. The molecule has 0 saturated carbocycles. The van der Waals surface area contributed by atoms with Gasteiger partial charge in [0, 0.05) is 17.8 Å². The molecule has 0 fully saturated rings. The van der Waals surface area contributed by atoms with Crippen LogP contribution in [0, 0.1) is 5.82 Å². The monoisotopic (exact) mass is 324 g/mol. The minimum absolute atomic E-state index is 0.196. The Labute approximate surface area is 136 Å². The van der Waals surface area contributed by atoms with Gasteiger partial charge in [-0.2, -0.15) is 0 Å². The summed E-state index contributed by atoms with van der Waals surface area (Å²) in [5.41, 5.74) is 0.555. The molecule has 0 atom stereocenters. The van der Waals surface area contributed by atoms with Crippen molar-refractivity contribution in [2.75, 3.05) is 5.32 Å². The minimum Gasteiger partial charge on any atom is -0.323 e. The highest BCUT2D eigenvalue weighted by atomic mass is 19.1. The second-order valence-corrected chi connectivity index (χ2v) is 5.01. The Morgan fingerprint density at radius 2 is 2.04 bits per heavy atom. The second kappa shape index (κ2) is 6.82. The molecule has 0 spiro atoms. The minimum atomic E-state index is -0.462. The maximum absolute atomic E-state index is 13.7. The first-order valence-corrected chi connectivity index (χ1v) is 7.15. The fraction of sp³-hybridized carbons (Fsp3) is 0.0588. The molecule has 7 heteroatoms. The molecular formula is C17H13FN4O2. The number of rotatable bonds is 4. The number of anilines is 1. The highest BCUT2D eigenvalue weighted by Gasteiger charge is 2.10. The van der Waals surface area contributed by atoms with Gasteiger partial charge in [-0.3, -0.25) is 19.1 Å². The molecule has 24 heavy (non-hydrogen) atoms. The van der Waals surface area contributed by atoms with Crippen molar-refractivity contribution in [1.82, 2.24) is 14.5 Å². The highest BCUT2D eigenvalue weighted by molar-refractivity contribution is 5.90. The van der Waals surface area contributed by atoms with Crippen LogP contribution in [0.1, 0.15) is 0 Å². The predicted octanol–water partition coefficient (Wildman–Crippen LogP) is 2.08. The van der Waals surface area contributed by atoms with E-state index in [1.54, 1.807) is 30.5 Å². The maximum atomic E-state index is 13.7. The van der Waals surface area contributed by atoms with Crippen LogP contribution in [0.25, 0.3) is 11.3 Å². The molecule has 3 rings (SSSR count). The number of carbonyl (C=O) groups excluding carboxylic acids is 1. The summed E-state index contributed by atoms with van der Waals surface area (Å²) >= 11 is 0. The van der Waals surface area contributed by atoms with E-state index >= 15 is 0 Å². The van der Waals surface area contributed by atoms with E-state index in [0.29, 0.717) is 5.69 Å². The predicted molar refractivity (Wildman–Crippen MR) is 86.8 cm³/mol. The van der Waals surface area contributed by atoms with E-state index in [-0.39, 0.29) is 23.7 Å². The van der Waals surface area contributed by atoms with Crippen LogP contribution >= 0.6 is 0 Å². The molecule has 120 valence electrons. The summed E-state index contributed by atoms with van der Waals surface area (Å²) in [7, 11) is 0. The molecule has 0 aliphatic carbocycles. The molecule has 1 aromatic carbocycles. The topological polar surface area (TPSA) is 76.9 Å². The van der Waals surface area contributed by atoms with Crippen molar-refractivity contribution in [2.45, 2.75) is 6.54 Å². The molecule has 0 bridgehead atoms. The Hall–Kier alpha value is -3.35. The van der Waals surface area contributed by atoms with Crippen molar-refractivity contribution in [1.29, 1.82) is 0 Å². The molecule has 6 nitrogen and oxygen atoms in total. The van der Waals surface area contributed by atoms with Crippen molar-refractivity contribution in [3.63, 3.8) is 0 Å². The summed E-state index contributed by atoms with van der Waals surface area (Å²) in [5, 5.41) is 2.62. The van der Waals surface area contributed by atoms with Crippen molar-refractivity contribution in [3.8, 4) is 11.3 Å². The largest absolute Gasteiger partial charge is 0.323 e. The SMILES string of the molecule is O=C(Cn1cnc(-c2ccccc2F)cc1=O)Nc1cccnc1. The maximum Gasteiger partial charge on any atom is 0.254 e. The van der Waals surface area contributed by atoms with Gasteiger partial charge in [0.1, 0.15) is 12.4 Å². The highest BCUT2D eigenvalue weighted by Crippen LogP contribution is 2.18. The van der Waals surface area contributed by atoms with E-state index in [1.807, 2.05) is 0 Å². The van der Waals surface area contributed by atoms with Gasteiger partial charge < -0.3 is 5.32 Å². The van der Waals surface area contributed by atoms with Crippen molar-refractivity contribution in [2.24, 2.45) is 0 Å². The molecular weight excluding hydrogens is 311 g/mol. The summed E-state index contributed by atoms with van der Waals surface area (Å²) in [5.74, 6) is -0.845. The Balaban J connectivity index is 1.77. The Bertz CT molecular complexity index is 925. The lowest BCUT2D eigenvalue weighted by Crippen LogP contribution is -2.27. The van der Waals surface area contributed by atoms with Crippen molar-refractivity contribution < 1.29 is 9.18 Å². The Morgan fingerprint density at radius 3 is 2.75 bits per heavy atom. The first-order valence-electron chi connectivity index (χ1n) is 7.15. The van der Waals surface area contributed by atoms with Crippen LogP contribution in [0.15, 0.2) is 66.0 Å². The van der Waals surface area contributed by atoms with Gasteiger partial charge in [-0.15, -0.1) is 0 Å². The molecule has 0 saturated heterocycles. The number of carbonyl (C=O) groups is 1. The van der Waals surface area contributed by atoms with Gasteiger partial charge in [0.25, 0.3) is 5.56 Å². The first kappa shape index (κ1) is 15.5. The average Bonchev–Trinajstić information content (AvgIpc) is 2.58. The zero-order chi connectivity index (χ0) is 16.9. The standard InChI is InChI=1S/C17H13FN4O2/c18-14-6-2-1-5-13(14)15-8-17(24)22(11-20-15)10-16(23)21-12-4-3-7-19-9-12/h1-9,11H,10H2,(H,21,23). The van der Waals surface area contributed by atoms with Gasteiger partial charge in [-0.05, 0) is 24.3 Å². The number of amides is 1. The van der Waals surface area contributed by atoms with E-state index in [2.05, 4.69) is 15.3 Å². The van der Waals surface area contributed by atoms with E-state index in [4.69, 9.17) is 0 Å². The summed E-state index contributed by atoms with van der Waals surface area (Å²) in [6, 6.07) is 10.6. The third-order valence-electron chi connectivity index (χ3n) is 3.29. The van der Waals surface area contributed by atoms with Gasteiger partial charge in [-0.25, -0.2) is 9.37 Å². The van der Waals surface area contributed by atoms with E-state index in [9.17, 15) is 14.0 Å². The number of hydrogen-bond acceptors (Lipinski definition) is 4. The van der Waals surface area contributed by atoms with E-state index < -0.39 is 11.4 Å². The van der Waals surface area contributed by atoms with Crippen LogP contribution in [-0.4, -0.2) is 20.4 Å². The van der Waals surface area contributed by atoms with Gasteiger partial charge in [0.05, 0.1) is 23.9 Å². The smallest absolute Gasteiger partial charge is 0.254 e. The third-order valence-corrected chi connectivity index (χ3v) is 3.29. The number of halogens is 1. The zero-order valence-corrected chi connectivity index (χ0v) is 12.5. The quantitative estimate of drug-likeness (QED) is 0.797. The second-order valence-electron chi connectivity index (χ2n) is 5.01. The average molecular weight is 324 g/mol. The fourth-order valence-electron chi connectivity index (χ4n) is 2.15. The molecule has 3 aromatic rings. The molecule has 0 aliphatic rings. The molecule has 1 amide bonds. The lowest BCUT2D eigenvalue weighted by atomic mass is 10.1. The molecule has 2 heterocycles. The van der Waals surface area contributed by atoms with E-state index in [0.717, 1.165) is 4.57 Å². The van der Waals surface area contributed by atoms with Gasteiger partial charge in [-0.1, -0.05) is 12.1 Å². The summed E-state index contributed by atoms with van der Waals surface area (Å²) in [6.07, 6.45) is 4.32. The lowest BCUT2D eigenvalue weighted by molar-refractivity contribution is -0.116. The van der Waals surface area contributed by atoms with Gasteiger partial charge in [0.2, 0.25) is 5.91 Å². The number of nitrogens with zero attached hydrogens (tertiary/aromatic N) is 3. The van der Waals surface area contributed by atoms with Crippen LogP contribution < -0.4 is 10.9 Å². The number of nitrogens with one attached hydrogen (secondary N) is 1. The van der Waals surface area contributed by atoms with Crippen LogP contribution in [-0.2, 0) is 11.3 Å². The summed E-state index contributed by atoms with van der Waals surface area (Å²) in [4.78, 5) is 32.0. The van der Waals surface area contributed by atoms with Crippen molar-refractivity contribution in [3.05, 3.63) is 77.4 Å². The summed E-state index contributed by atoms with van der Waals surface area (Å²) < 4.78 is 14.9. The number of aromatic nitrogens is 3. The van der Waals surface area contributed by atoms with Gasteiger partial charge in [0.15, 0.2) is 0 Å². The van der Waals surface area contributed by atoms with Crippen LogP contribution in [0.4, 0.5) is 10.1 Å². The van der Waals surface area contributed by atoms with Crippen molar-refractivity contribution >= 4 is 11.6 Å².